The van der Waals surface area contributed by atoms with E-state index in [2.05, 4.69) is 44.8 Å². The van der Waals surface area contributed by atoms with Crippen LogP contribution < -0.4 is 5.32 Å². The fraction of sp³-hybridized carbons (Fsp3) is 1.00. The smallest absolute Gasteiger partial charge is 0.0252 e. The zero-order valence-corrected chi connectivity index (χ0v) is 10.5. The van der Waals surface area contributed by atoms with Gasteiger partial charge in [0.15, 0.2) is 0 Å². The number of hydrogen-bond donors (Lipinski definition) is 1. The maximum Gasteiger partial charge on any atom is 0.0252 e. The predicted molar refractivity (Wildman–Crippen MR) is 62.6 cm³/mol. The van der Waals surface area contributed by atoms with E-state index < -0.39 is 0 Å². The van der Waals surface area contributed by atoms with Crippen molar-refractivity contribution in [1.29, 1.82) is 0 Å². The van der Waals surface area contributed by atoms with Gasteiger partial charge in [0.25, 0.3) is 0 Å². The fourth-order valence-corrected chi connectivity index (χ4v) is 2.10. The molecule has 0 aromatic rings. The van der Waals surface area contributed by atoms with Crippen LogP contribution in [0.25, 0.3) is 0 Å². The van der Waals surface area contributed by atoms with Crippen LogP contribution in [0, 0.1) is 5.41 Å². The first-order valence-electron chi connectivity index (χ1n) is 5.82. The molecule has 0 saturated carbocycles. The van der Waals surface area contributed by atoms with Crippen LogP contribution in [0.4, 0.5) is 0 Å². The van der Waals surface area contributed by atoms with E-state index in [1.54, 1.807) is 0 Å². The first kappa shape index (κ1) is 12.0. The molecule has 0 aliphatic carbocycles. The Morgan fingerprint density at radius 3 is 2.50 bits per heavy atom. The van der Waals surface area contributed by atoms with Gasteiger partial charge in [-0.05, 0) is 25.7 Å². The second kappa shape index (κ2) is 4.19. The molecule has 1 rings (SSSR count). The summed E-state index contributed by atoms with van der Waals surface area (Å²) in [6.07, 6.45) is 1.26. The highest BCUT2D eigenvalue weighted by molar-refractivity contribution is 4.88. The predicted octanol–water partition coefficient (Wildman–Crippen LogP) is 2.11. The Bertz CT molecular complexity index is 185. The standard InChI is InChI=1S/C12H26N2/c1-6-11(2,3)9-14-8-7-13-12(4,5)10-14/h13H,6-10H2,1-5H3. The minimum absolute atomic E-state index is 0.294. The van der Waals surface area contributed by atoms with Crippen molar-refractivity contribution in [3.63, 3.8) is 0 Å². The summed E-state index contributed by atoms with van der Waals surface area (Å²) >= 11 is 0. The van der Waals surface area contributed by atoms with Crippen molar-refractivity contribution < 1.29 is 0 Å². The monoisotopic (exact) mass is 198 g/mol. The van der Waals surface area contributed by atoms with Crippen LogP contribution in [-0.2, 0) is 0 Å². The fourth-order valence-electron chi connectivity index (χ4n) is 2.10. The number of rotatable bonds is 3. The summed E-state index contributed by atoms with van der Waals surface area (Å²) in [4.78, 5) is 2.60. The zero-order chi connectivity index (χ0) is 10.8. The molecule has 0 unspecified atom stereocenters. The molecule has 1 saturated heterocycles. The number of nitrogens with zero attached hydrogens (tertiary/aromatic N) is 1. The Hall–Kier alpha value is -0.0800. The third-order valence-electron chi connectivity index (χ3n) is 3.26. The molecular weight excluding hydrogens is 172 g/mol. The van der Waals surface area contributed by atoms with Gasteiger partial charge >= 0.3 is 0 Å². The van der Waals surface area contributed by atoms with Crippen LogP contribution in [-0.4, -0.2) is 36.6 Å². The van der Waals surface area contributed by atoms with Crippen molar-refractivity contribution in [1.82, 2.24) is 10.2 Å². The molecule has 0 atom stereocenters. The molecule has 0 bridgehead atoms. The summed E-state index contributed by atoms with van der Waals surface area (Å²) in [6, 6.07) is 0. The molecule has 14 heavy (non-hydrogen) atoms. The lowest BCUT2D eigenvalue weighted by Crippen LogP contribution is -2.58. The van der Waals surface area contributed by atoms with Gasteiger partial charge in [0.1, 0.15) is 0 Å². The van der Waals surface area contributed by atoms with Crippen molar-refractivity contribution >= 4 is 0 Å². The zero-order valence-electron chi connectivity index (χ0n) is 10.5. The molecule has 1 N–H and O–H groups in total. The molecule has 2 heteroatoms. The Balaban J connectivity index is 2.46. The van der Waals surface area contributed by atoms with Gasteiger partial charge < -0.3 is 5.32 Å². The highest BCUT2D eigenvalue weighted by Crippen LogP contribution is 2.23. The van der Waals surface area contributed by atoms with Gasteiger partial charge in [-0.2, -0.15) is 0 Å². The van der Waals surface area contributed by atoms with Gasteiger partial charge in [-0.1, -0.05) is 20.8 Å². The Kier molecular flexibility index (Phi) is 3.59. The normalized spacial score (nSPS) is 23.8. The van der Waals surface area contributed by atoms with Gasteiger partial charge in [-0.25, -0.2) is 0 Å². The molecule has 2 nitrogen and oxygen atoms in total. The third kappa shape index (κ3) is 3.58. The molecule has 1 aliphatic rings. The molecule has 1 fully saturated rings. The molecule has 0 aromatic carbocycles. The summed E-state index contributed by atoms with van der Waals surface area (Å²) in [5.74, 6) is 0. The van der Waals surface area contributed by atoms with Crippen LogP contribution in [0.15, 0.2) is 0 Å². The van der Waals surface area contributed by atoms with Gasteiger partial charge in [0, 0.05) is 31.7 Å². The molecular formula is C12H26N2. The highest BCUT2D eigenvalue weighted by atomic mass is 15.2. The average molecular weight is 198 g/mol. The first-order chi connectivity index (χ1) is 6.35. The Labute approximate surface area is 89.1 Å². The molecule has 84 valence electrons. The van der Waals surface area contributed by atoms with E-state index in [1.165, 1.54) is 26.1 Å². The maximum atomic E-state index is 3.55. The van der Waals surface area contributed by atoms with Gasteiger partial charge in [-0.15, -0.1) is 0 Å². The summed E-state index contributed by atoms with van der Waals surface area (Å²) in [5.41, 5.74) is 0.759. The first-order valence-corrected chi connectivity index (χ1v) is 5.82. The second-order valence-corrected chi connectivity index (χ2v) is 6.04. The lowest BCUT2D eigenvalue weighted by molar-refractivity contribution is 0.107. The van der Waals surface area contributed by atoms with Crippen molar-refractivity contribution in [2.24, 2.45) is 5.41 Å². The summed E-state index contributed by atoms with van der Waals surface area (Å²) < 4.78 is 0. The van der Waals surface area contributed by atoms with E-state index in [0.29, 0.717) is 11.0 Å². The minimum Gasteiger partial charge on any atom is -0.309 e. The largest absolute Gasteiger partial charge is 0.309 e. The minimum atomic E-state index is 0.294. The molecule has 0 amide bonds. The third-order valence-corrected chi connectivity index (χ3v) is 3.26. The lowest BCUT2D eigenvalue weighted by atomic mass is 9.88. The number of nitrogens with one attached hydrogen (secondary N) is 1. The summed E-state index contributed by atoms with van der Waals surface area (Å²) in [7, 11) is 0. The van der Waals surface area contributed by atoms with Gasteiger partial charge in [0.05, 0.1) is 0 Å². The van der Waals surface area contributed by atoms with E-state index in [9.17, 15) is 0 Å². The van der Waals surface area contributed by atoms with Crippen LogP contribution >= 0.6 is 0 Å². The van der Waals surface area contributed by atoms with E-state index in [4.69, 9.17) is 0 Å². The quantitative estimate of drug-likeness (QED) is 0.747. The molecule has 0 aromatic heterocycles. The molecule has 0 spiro atoms. The SMILES string of the molecule is CCC(C)(C)CN1CCNC(C)(C)C1. The highest BCUT2D eigenvalue weighted by Gasteiger charge is 2.28. The van der Waals surface area contributed by atoms with Crippen molar-refractivity contribution in [2.75, 3.05) is 26.2 Å². The lowest BCUT2D eigenvalue weighted by Gasteiger charge is -2.42. The summed E-state index contributed by atoms with van der Waals surface area (Å²) in [5, 5.41) is 3.55. The Morgan fingerprint density at radius 1 is 1.36 bits per heavy atom. The van der Waals surface area contributed by atoms with Gasteiger partial charge in [0.2, 0.25) is 0 Å². The molecule has 1 aliphatic heterocycles. The van der Waals surface area contributed by atoms with E-state index >= 15 is 0 Å². The Morgan fingerprint density at radius 2 is 2.00 bits per heavy atom. The van der Waals surface area contributed by atoms with Crippen molar-refractivity contribution in [2.45, 2.75) is 46.6 Å². The topological polar surface area (TPSA) is 15.3 Å². The van der Waals surface area contributed by atoms with Crippen LogP contribution in [0.1, 0.15) is 41.0 Å². The van der Waals surface area contributed by atoms with Gasteiger partial charge in [-0.3, -0.25) is 4.90 Å². The second-order valence-electron chi connectivity index (χ2n) is 6.04. The van der Waals surface area contributed by atoms with E-state index in [0.717, 1.165) is 6.54 Å². The van der Waals surface area contributed by atoms with E-state index in [1.807, 2.05) is 0 Å². The number of hydrogen-bond acceptors (Lipinski definition) is 2. The van der Waals surface area contributed by atoms with Crippen molar-refractivity contribution in [3.05, 3.63) is 0 Å². The maximum absolute atomic E-state index is 3.55. The molecule has 0 radical (unpaired) electrons. The molecule has 1 heterocycles. The van der Waals surface area contributed by atoms with Crippen LogP contribution in [0.2, 0.25) is 0 Å². The van der Waals surface area contributed by atoms with Crippen molar-refractivity contribution in [3.8, 4) is 0 Å². The summed E-state index contributed by atoms with van der Waals surface area (Å²) in [6.45, 7) is 16.3. The van der Waals surface area contributed by atoms with Crippen LogP contribution in [0.5, 0.6) is 0 Å². The van der Waals surface area contributed by atoms with E-state index in [-0.39, 0.29) is 0 Å². The number of piperazine rings is 1. The van der Waals surface area contributed by atoms with Crippen LogP contribution in [0.3, 0.4) is 0 Å². The average Bonchev–Trinajstić information content (AvgIpc) is 2.01.